The highest BCUT2D eigenvalue weighted by molar-refractivity contribution is 6.00. The first-order valence-electron chi connectivity index (χ1n) is 14.9. The molecule has 0 aromatic heterocycles. The van der Waals surface area contributed by atoms with Crippen LogP contribution in [0.5, 0.6) is 0 Å². The Hall–Kier alpha value is -3.65. The van der Waals surface area contributed by atoms with Crippen LogP contribution in [0.1, 0.15) is 59.2 Å². The van der Waals surface area contributed by atoms with E-state index in [1.807, 2.05) is 77.7 Å². The highest BCUT2D eigenvalue weighted by Gasteiger charge is 2.49. The molecule has 1 atom stereocenters. The van der Waals surface area contributed by atoms with E-state index in [4.69, 9.17) is 0 Å². The van der Waals surface area contributed by atoms with E-state index < -0.39 is 24.0 Å². The number of likely N-dealkylation sites (tertiary alicyclic amines) is 1. The van der Waals surface area contributed by atoms with Crippen molar-refractivity contribution in [1.82, 2.24) is 15.1 Å². The third-order valence-electron chi connectivity index (χ3n) is 9.15. The van der Waals surface area contributed by atoms with E-state index in [2.05, 4.69) is 10.2 Å². The fourth-order valence-corrected chi connectivity index (χ4v) is 7.29. The molecule has 3 aromatic rings. The summed E-state index contributed by atoms with van der Waals surface area (Å²) in [6.45, 7) is 2.84. The molecule has 1 aliphatic carbocycles. The van der Waals surface area contributed by atoms with Gasteiger partial charge in [-0.05, 0) is 78.6 Å². The Balaban J connectivity index is 1.11. The maximum atomic E-state index is 13.7. The molecule has 1 saturated heterocycles. The van der Waals surface area contributed by atoms with E-state index in [0.717, 1.165) is 78.8 Å². The molecule has 1 fully saturated rings. The number of hydrogen-bond acceptors (Lipinski definition) is 3. The number of halogens is 3. The molecule has 3 aromatic carbocycles. The van der Waals surface area contributed by atoms with E-state index in [0.29, 0.717) is 25.3 Å². The molecule has 2 amide bonds. The van der Waals surface area contributed by atoms with Gasteiger partial charge in [0.05, 0.1) is 0 Å². The van der Waals surface area contributed by atoms with Crippen molar-refractivity contribution in [2.75, 3.05) is 32.7 Å². The van der Waals surface area contributed by atoms with Crippen LogP contribution in [-0.2, 0) is 16.8 Å². The molecular formula is C34H36F3N3O2. The van der Waals surface area contributed by atoms with Gasteiger partial charge < -0.3 is 15.1 Å². The zero-order valence-corrected chi connectivity index (χ0v) is 23.6. The summed E-state index contributed by atoms with van der Waals surface area (Å²) in [6, 6.07) is 23.0. The van der Waals surface area contributed by atoms with E-state index in [9.17, 15) is 22.8 Å². The highest BCUT2D eigenvalue weighted by atomic mass is 19.4. The fraction of sp³-hybridized carbons (Fsp3) is 0.412. The van der Waals surface area contributed by atoms with Crippen LogP contribution in [0.2, 0.25) is 0 Å². The van der Waals surface area contributed by atoms with Crippen molar-refractivity contribution < 1.29 is 22.8 Å². The smallest absolute Gasteiger partial charge is 0.346 e. The lowest BCUT2D eigenvalue weighted by Gasteiger charge is -2.35. The first-order valence-corrected chi connectivity index (χ1v) is 14.9. The largest absolute Gasteiger partial charge is 0.405 e. The van der Waals surface area contributed by atoms with Gasteiger partial charge in [-0.25, -0.2) is 0 Å². The van der Waals surface area contributed by atoms with Gasteiger partial charge in [0.1, 0.15) is 12.0 Å². The Labute approximate surface area is 244 Å². The number of carbonyl (C=O) groups is 2. The summed E-state index contributed by atoms with van der Waals surface area (Å²) in [5.41, 5.74) is 4.13. The maximum Gasteiger partial charge on any atom is 0.405 e. The van der Waals surface area contributed by atoms with Gasteiger partial charge in [-0.15, -0.1) is 0 Å². The summed E-state index contributed by atoms with van der Waals surface area (Å²) in [6.07, 6.45) is -0.357. The van der Waals surface area contributed by atoms with E-state index in [-0.39, 0.29) is 5.91 Å². The van der Waals surface area contributed by atoms with Crippen LogP contribution in [0.25, 0.3) is 11.1 Å². The molecular weight excluding hydrogens is 539 g/mol. The number of fused-ring (bicyclic) bond motifs is 4. The molecule has 42 heavy (non-hydrogen) atoms. The Morgan fingerprint density at radius 2 is 1.55 bits per heavy atom. The second-order valence-corrected chi connectivity index (χ2v) is 11.9. The van der Waals surface area contributed by atoms with Gasteiger partial charge >= 0.3 is 6.18 Å². The maximum absolute atomic E-state index is 13.7. The second kappa shape index (κ2) is 11.6. The van der Waals surface area contributed by atoms with Crippen molar-refractivity contribution in [3.63, 3.8) is 0 Å². The zero-order chi connectivity index (χ0) is 29.3. The monoisotopic (exact) mass is 575 g/mol. The summed E-state index contributed by atoms with van der Waals surface area (Å²) >= 11 is 0. The van der Waals surface area contributed by atoms with Gasteiger partial charge in [0.2, 0.25) is 5.91 Å². The molecule has 2 heterocycles. The Kier molecular flexibility index (Phi) is 7.83. The average molecular weight is 576 g/mol. The van der Waals surface area contributed by atoms with Crippen LogP contribution >= 0.6 is 0 Å². The highest BCUT2D eigenvalue weighted by Crippen LogP contribution is 2.51. The van der Waals surface area contributed by atoms with Gasteiger partial charge in [-0.2, -0.15) is 13.2 Å². The fourth-order valence-electron chi connectivity index (χ4n) is 7.29. The molecule has 1 N–H and O–H groups in total. The summed E-state index contributed by atoms with van der Waals surface area (Å²) in [5.74, 6) is -0.0643. The van der Waals surface area contributed by atoms with Crippen LogP contribution in [-0.4, -0.2) is 60.5 Å². The molecule has 1 unspecified atom stereocenters. The molecule has 2 aliphatic heterocycles. The number of nitrogens with zero attached hydrogens (tertiary/aromatic N) is 2. The first kappa shape index (κ1) is 28.5. The van der Waals surface area contributed by atoms with Crippen LogP contribution in [0.4, 0.5) is 13.2 Å². The molecule has 5 nitrogen and oxygen atoms in total. The van der Waals surface area contributed by atoms with Gasteiger partial charge in [0.15, 0.2) is 0 Å². The topological polar surface area (TPSA) is 52.7 Å². The third kappa shape index (κ3) is 5.44. The number of rotatable bonds is 9. The molecule has 0 saturated carbocycles. The van der Waals surface area contributed by atoms with Crippen molar-refractivity contribution in [1.29, 1.82) is 0 Å². The standard InChI is InChI=1S/C34H36F3N3O2/c35-34(36,37)23-38-32(42)33(29-15-5-3-13-27(29)28-14-4-6-16-30(28)33)17-7-8-18-39-19-9-10-24(20-39)21-40-22-25-11-1-2-12-26(25)31(40)41/h1-6,11-16,24H,7-10,17-23H2,(H,38,42). The number of benzene rings is 3. The van der Waals surface area contributed by atoms with E-state index in [1.165, 1.54) is 0 Å². The number of carbonyl (C=O) groups excluding carboxylic acids is 2. The zero-order valence-electron chi connectivity index (χ0n) is 23.6. The van der Waals surface area contributed by atoms with Crippen molar-refractivity contribution in [3.8, 4) is 11.1 Å². The van der Waals surface area contributed by atoms with E-state index in [1.54, 1.807) is 0 Å². The van der Waals surface area contributed by atoms with Crippen molar-refractivity contribution in [3.05, 3.63) is 95.1 Å². The Morgan fingerprint density at radius 1 is 0.905 bits per heavy atom. The molecule has 6 rings (SSSR count). The summed E-state index contributed by atoms with van der Waals surface area (Å²) in [5, 5.41) is 2.22. The normalized spacial score (nSPS) is 19.4. The lowest BCUT2D eigenvalue weighted by Crippen LogP contribution is -2.47. The second-order valence-electron chi connectivity index (χ2n) is 11.9. The molecule has 3 aliphatic rings. The first-order chi connectivity index (χ1) is 20.3. The van der Waals surface area contributed by atoms with Crippen molar-refractivity contribution in [2.24, 2.45) is 5.92 Å². The molecule has 220 valence electrons. The number of hydrogen-bond donors (Lipinski definition) is 1. The summed E-state index contributed by atoms with van der Waals surface area (Å²) in [7, 11) is 0. The number of alkyl halides is 3. The minimum absolute atomic E-state index is 0.119. The van der Waals surface area contributed by atoms with Crippen molar-refractivity contribution in [2.45, 2.75) is 50.2 Å². The van der Waals surface area contributed by atoms with Crippen LogP contribution in [0.15, 0.2) is 72.8 Å². The molecule has 0 bridgehead atoms. The molecule has 0 radical (unpaired) electrons. The predicted octanol–water partition coefficient (Wildman–Crippen LogP) is 6.17. The average Bonchev–Trinajstić information content (AvgIpc) is 3.46. The quantitative estimate of drug-likeness (QED) is 0.311. The Morgan fingerprint density at radius 3 is 2.21 bits per heavy atom. The van der Waals surface area contributed by atoms with Crippen LogP contribution in [0, 0.1) is 5.92 Å². The van der Waals surface area contributed by atoms with Gasteiger partial charge in [0.25, 0.3) is 5.91 Å². The van der Waals surface area contributed by atoms with Crippen LogP contribution in [0.3, 0.4) is 0 Å². The lowest BCUT2D eigenvalue weighted by molar-refractivity contribution is -0.141. The number of unbranched alkanes of at least 4 members (excludes halogenated alkanes) is 1. The SMILES string of the molecule is O=C1c2ccccc2CN1CC1CCCN(CCCCC2(C(=O)NCC(F)(F)F)c3ccccc3-c3ccccc32)C1. The summed E-state index contributed by atoms with van der Waals surface area (Å²) in [4.78, 5) is 31.0. The van der Waals surface area contributed by atoms with Gasteiger partial charge in [-0.3, -0.25) is 9.59 Å². The predicted molar refractivity (Wildman–Crippen MR) is 156 cm³/mol. The van der Waals surface area contributed by atoms with E-state index >= 15 is 0 Å². The van der Waals surface area contributed by atoms with Crippen LogP contribution < -0.4 is 5.32 Å². The minimum atomic E-state index is -4.48. The lowest BCUT2D eigenvalue weighted by atomic mass is 9.73. The van der Waals surface area contributed by atoms with Crippen molar-refractivity contribution >= 4 is 11.8 Å². The summed E-state index contributed by atoms with van der Waals surface area (Å²) < 4.78 is 39.4. The number of nitrogens with one attached hydrogen (secondary N) is 1. The van der Waals surface area contributed by atoms with Gasteiger partial charge in [0, 0.05) is 25.2 Å². The number of amides is 2. The molecule has 0 spiro atoms. The third-order valence-corrected chi connectivity index (χ3v) is 9.15. The van der Waals surface area contributed by atoms with Gasteiger partial charge in [-0.1, -0.05) is 73.2 Å². The minimum Gasteiger partial charge on any atom is -0.346 e. The number of piperidine rings is 1. The Bertz CT molecular complexity index is 1420. The molecule has 8 heteroatoms.